The van der Waals surface area contributed by atoms with Gasteiger partial charge in [-0.3, -0.25) is 19.1 Å². The number of carbonyl (C=O) groups excluding carboxylic acids is 2. The Morgan fingerprint density at radius 1 is 0.912 bits per heavy atom. The molecule has 1 saturated carbocycles. The molecule has 34 heavy (non-hydrogen) atoms. The van der Waals surface area contributed by atoms with Crippen molar-refractivity contribution in [2.45, 2.75) is 18.0 Å². The summed E-state index contributed by atoms with van der Waals surface area (Å²) in [4.78, 5) is 28.7. The summed E-state index contributed by atoms with van der Waals surface area (Å²) in [7, 11) is 0. The Morgan fingerprint density at radius 3 is 2.32 bits per heavy atom. The van der Waals surface area contributed by atoms with Gasteiger partial charge >= 0.3 is 0 Å². The number of benzene rings is 2. The monoisotopic (exact) mass is 470 g/mol. The summed E-state index contributed by atoms with van der Waals surface area (Å²) in [5.41, 5.74) is 3.13. The van der Waals surface area contributed by atoms with Crippen LogP contribution in [0.3, 0.4) is 0 Å². The molecule has 0 radical (unpaired) electrons. The zero-order valence-corrected chi connectivity index (χ0v) is 19.0. The molecule has 9 heteroatoms. The number of aromatic nitrogens is 4. The molecule has 1 aliphatic carbocycles. The fraction of sp³-hybridized carbons (Fsp3) is 0.160. The smallest absolute Gasteiger partial charge is 0.234 e. The van der Waals surface area contributed by atoms with Gasteiger partial charge in [0.15, 0.2) is 11.0 Å². The van der Waals surface area contributed by atoms with Crippen LogP contribution < -0.4 is 10.6 Å². The highest BCUT2D eigenvalue weighted by molar-refractivity contribution is 7.99. The summed E-state index contributed by atoms with van der Waals surface area (Å²) in [6.07, 6.45) is 5.36. The number of amides is 2. The first-order chi connectivity index (χ1) is 16.7. The SMILES string of the molecule is O=C(CSc1nnc(-c2cccnc2)n1-c1ccccc1)Nc1ccc(NC(=O)C2CC2)cc1. The van der Waals surface area contributed by atoms with E-state index in [9.17, 15) is 9.59 Å². The number of thioether (sulfide) groups is 1. The molecule has 0 aliphatic heterocycles. The molecular weight excluding hydrogens is 448 g/mol. The van der Waals surface area contributed by atoms with Crippen LogP contribution in [0.25, 0.3) is 17.1 Å². The van der Waals surface area contributed by atoms with Crippen LogP contribution >= 0.6 is 11.8 Å². The van der Waals surface area contributed by atoms with Crippen molar-refractivity contribution in [3.8, 4) is 17.1 Å². The van der Waals surface area contributed by atoms with Crippen LogP contribution in [0.4, 0.5) is 11.4 Å². The summed E-state index contributed by atoms with van der Waals surface area (Å²) < 4.78 is 1.92. The van der Waals surface area contributed by atoms with Gasteiger partial charge in [0.1, 0.15) is 0 Å². The number of nitrogens with zero attached hydrogens (tertiary/aromatic N) is 4. The van der Waals surface area contributed by atoms with Crippen LogP contribution in [-0.4, -0.2) is 37.3 Å². The van der Waals surface area contributed by atoms with Gasteiger partial charge in [0.25, 0.3) is 0 Å². The molecule has 0 saturated heterocycles. The van der Waals surface area contributed by atoms with Gasteiger partial charge in [-0.05, 0) is 61.4 Å². The molecule has 1 fully saturated rings. The van der Waals surface area contributed by atoms with Crippen molar-refractivity contribution < 1.29 is 9.59 Å². The first-order valence-electron chi connectivity index (χ1n) is 10.9. The molecular formula is C25H22N6O2S. The molecule has 2 aromatic carbocycles. The Morgan fingerprint density at radius 2 is 1.65 bits per heavy atom. The third-order valence-corrected chi connectivity index (χ3v) is 6.21. The van der Waals surface area contributed by atoms with Crippen LogP contribution in [0.1, 0.15) is 12.8 Å². The van der Waals surface area contributed by atoms with Gasteiger partial charge in [0.2, 0.25) is 11.8 Å². The maximum atomic E-state index is 12.6. The fourth-order valence-electron chi connectivity index (χ4n) is 3.41. The number of anilines is 2. The third kappa shape index (κ3) is 5.15. The Hall–Kier alpha value is -3.98. The standard InChI is InChI=1S/C25H22N6O2S/c32-22(27-19-10-12-20(13-11-19)28-24(33)17-8-9-17)16-34-25-30-29-23(18-5-4-14-26-15-18)31(25)21-6-2-1-3-7-21/h1-7,10-15,17H,8-9,16H2,(H,27,32)(H,28,33). The Bertz CT molecular complexity index is 1290. The second kappa shape index (κ2) is 9.88. The van der Waals surface area contributed by atoms with Gasteiger partial charge in [-0.1, -0.05) is 30.0 Å². The van der Waals surface area contributed by atoms with Crippen molar-refractivity contribution >= 4 is 35.0 Å². The highest BCUT2D eigenvalue weighted by Gasteiger charge is 2.29. The second-order valence-electron chi connectivity index (χ2n) is 7.90. The number of carbonyl (C=O) groups is 2. The van der Waals surface area contributed by atoms with Crippen molar-refractivity contribution in [1.82, 2.24) is 19.7 Å². The van der Waals surface area contributed by atoms with Crippen LogP contribution in [0.2, 0.25) is 0 Å². The zero-order chi connectivity index (χ0) is 23.3. The average Bonchev–Trinajstić information content (AvgIpc) is 3.64. The van der Waals surface area contributed by atoms with E-state index in [1.165, 1.54) is 11.8 Å². The van der Waals surface area contributed by atoms with E-state index in [0.29, 0.717) is 16.7 Å². The molecule has 1 aliphatic rings. The van der Waals surface area contributed by atoms with Crippen molar-refractivity contribution in [2.75, 3.05) is 16.4 Å². The van der Waals surface area contributed by atoms with Crippen LogP contribution in [0, 0.1) is 5.92 Å². The molecule has 0 spiro atoms. The molecule has 2 amide bonds. The first kappa shape index (κ1) is 21.8. The van der Waals surface area contributed by atoms with Gasteiger partial charge in [0, 0.05) is 40.9 Å². The van der Waals surface area contributed by atoms with Crippen LogP contribution in [-0.2, 0) is 9.59 Å². The molecule has 5 rings (SSSR count). The highest BCUT2D eigenvalue weighted by Crippen LogP contribution is 2.30. The molecule has 170 valence electrons. The lowest BCUT2D eigenvalue weighted by Crippen LogP contribution is -2.15. The van der Waals surface area contributed by atoms with E-state index in [1.54, 1.807) is 36.7 Å². The molecule has 0 unspecified atom stereocenters. The zero-order valence-electron chi connectivity index (χ0n) is 18.2. The molecule has 4 aromatic rings. The Balaban J connectivity index is 1.26. The minimum Gasteiger partial charge on any atom is -0.326 e. The second-order valence-corrected chi connectivity index (χ2v) is 8.84. The summed E-state index contributed by atoms with van der Waals surface area (Å²) in [5.74, 6) is 0.865. The number of hydrogen-bond acceptors (Lipinski definition) is 6. The third-order valence-electron chi connectivity index (χ3n) is 5.28. The van der Waals surface area contributed by atoms with Crippen molar-refractivity contribution in [3.05, 3.63) is 79.1 Å². The van der Waals surface area contributed by atoms with E-state index < -0.39 is 0 Å². The minimum atomic E-state index is -0.162. The van der Waals surface area contributed by atoms with E-state index in [1.807, 2.05) is 47.0 Å². The van der Waals surface area contributed by atoms with E-state index in [2.05, 4.69) is 25.8 Å². The van der Waals surface area contributed by atoms with E-state index in [-0.39, 0.29) is 23.5 Å². The van der Waals surface area contributed by atoms with Crippen molar-refractivity contribution in [1.29, 1.82) is 0 Å². The maximum absolute atomic E-state index is 12.6. The lowest BCUT2D eigenvalue weighted by atomic mass is 10.2. The number of rotatable bonds is 8. The van der Waals surface area contributed by atoms with E-state index in [4.69, 9.17) is 0 Å². The van der Waals surface area contributed by atoms with Crippen LogP contribution in [0.5, 0.6) is 0 Å². The number of nitrogens with one attached hydrogen (secondary N) is 2. The van der Waals surface area contributed by atoms with Crippen molar-refractivity contribution in [2.24, 2.45) is 5.92 Å². The molecule has 2 aromatic heterocycles. The summed E-state index contributed by atoms with van der Waals surface area (Å²) in [6, 6.07) is 20.7. The van der Waals surface area contributed by atoms with Gasteiger partial charge < -0.3 is 10.6 Å². The van der Waals surface area contributed by atoms with E-state index in [0.717, 1.165) is 29.8 Å². The Kier molecular flexibility index (Phi) is 6.35. The van der Waals surface area contributed by atoms with E-state index >= 15 is 0 Å². The summed E-state index contributed by atoms with van der Waals surface area (Å²) in [6.45, 7) is 0. The summed E-state index contributed by atoms with van der Waals surface area (Å²) in [5, 5.41) is 15.1. The number of para-hydroxylation sites is 1. The lowest BCUT2D eigenvalue weighted by Gasteiger charge is -2.10. The lowest BCUT2D eigenvalue weighted by molar-refractivity contribution is -0.117. The molecule has 0 bridgehead atoms. The largest absolute Gasteiger partial charge is 0.326 e. The predicted molar refractivity (Wildman–Crippen MR) is 132 cm³/mol. The average molecular weight is 471 g/mol. The minimum absolute atomic E-state index is 0.0568. The normalized spacial score (nSPS) is 12.8. The first-order valence-corrected chi connectivity index (χ1v) is 11.9. The quantitative estimate of drug-likeness (QED) is 0.370. The fourth-order valence-corrected chi connectivity index (χ4v) is 4.16. The maximum Gasteiger partial charge on any atom is 0.234 e. The van der Waals surface area contributed by atoms with Gasteiger partial charge in [0.05, 0.1) is 5.75 Å². The topological polar surface area (TPSA) is 102 Å². The van der Waals surface area contributed by atoms with Gasteiger partial charge in [-0.15, -0.1) is 10.2 Å². The van der Waals surface area contributed by atoms with Gasteiger partial charge in [-0.2, -0.15) is 0 Å². The predicted octanol–water partition coefficient (Wildman–Crippen LogP) is 4.41. The van der Waals surface area contributed by atoms with Gasteiger partial charge in [-0.25, -0.2) is 0 Å². The highest BCUT2D eigenvalue weighted by atomic mass is 32.2. The molecule has 8 nitrogen and oxygen atoms in total. The number of hydrogen-bond donors (Lipinski definition) is 2. The number of pyridine rings is 1. The molecule has 0 atom stereocenters. The van der Waals surface area contributed by atoms with Crippen LogP contribution in [0.15, 0.2) is 84.3 Å². The Labute approximate surface area is 200 Å². The molecule has 2 heterocycles. The summed E-state index contributed by atoms with van der Waals surface area (Å²) >= 11 is 1.31. The molecule has 2 N–H and O–H groups in total. The van der Waals surface area contributed by atoms with Crippen molar-refractivity contribution in [3.63, 3.8) is 0 Å².